The van der Waals surface area contributed by atoms with Crippen LogP contribution in [0.3, 0.4) is 0 Å². The lowest BCUT2D eigenvalue weighted by Crippen LogP contribution is -2.38. The van der Waals surface area contributed by atoms with E-state index in [0.717, 1.165) is 11.4 Å². The third-order valence-corrected chi connectivity index (χ3v) is 2.82. The van der Waals surface area contributed by atoms with E-state index < -0.39 is 0 Å². The molecule has 0 radical (unpaired) electrons. The van der Waals surface area contributed by atoms with Gasteiger partial charge in [0.1, 0.15) is 5.54 Å². The average molecular weight is 215 g/mol. The number of anilines is 1. The highest BCUT2D eigenvalue weighted by Crippen LogP contribution is 2.37. The molecule has 0 aliphatic carbocycles. The van der Waals surface area contributed by atoms with Gasteiger partial charge in [0.25, 0.3) is 0 Å². The molecule has 0 spiro atoms. The van der Waals surface area contributed by atoms with Gasteiger partial charge >= 0.3 is 0 Å². The molecule has 0 atom stereocenters. The second-order valence-electron chi connectivity index (χ2n) is 4.74. The molecule has 0 amide bonds. The van der Waals surface area contributed by atoms with Gasteiger partial charge in [0.05, 0.1) is 11.4 Å². The van der Waals surface area contributed by atoms with Crippen molar-refractivity contribution in [2.24, 2.45) is 10.3 Å². The van der Waals surface area contributed by atoms with Crippen molar-refractivity contribution >= 4 is 5.69 Å². The second kappa shape index (κ2) is 3.74. The predicted octanol–water partition coefficient (Wildman–Crippen LogP) is 3.95. The Balaban J connectivity index is 2.42. The third kappa shape index (κ3) is 1.62. The monoisotopic (exact) mass is 215 g/mol. The van der Waals surface area contributed by atoms with Crippen LogP contribution in [0.5, 0.6) is 0 Å². The molecule has 0 unspecified atom stereocenters. The van der Waals surface area contributed by atoms with Crippen molar-refractivity contribution in [3.8, 4) is 0 Å². The van der Waals surface area contributed by atoms with Gasteiger partial charge in [0.2, 0.25) is 0 Å². The number of benzene rings is 1. The Bertz CT molecular complexity index is 440. The lowest BCUT2D eigenvalue weighted by atomic mass is 9.96. The van der Waals surface area contributed by atoms with Gasteiger partial charge in [-0.2, -0.15) is 0 Å². The second-order valence-corrected chi connectivity index (χ2v) is 4.74. The van der Waals surface area contributed by atoms with Crippen molar-refractivity contribution in [3.63, 3.8) is 0 Å². The summed E-state index contributed by atoms with van der Waals surface area (Å²) < 4.78 is 0. The topological polar surface area (TPSA) is 28.0 Å². The highest BCUT2D eigenvalue weighted by molar-refractivity contribution is 5.52. The zero-order chi connectivity index (χ0) is 11.8. The molecule has 1 aromatic carbocycles. The molecule has 0 saturated heterocycles. The number of rotatable bonds is 1. The van der Waals surface area contributed by atoms with Crippen LogP contribution in [-0.4, -0.2) is 5.54 Å². The minimum absolute atomic E-state index is 0.166. The number of hydrogen-bond donors (Lipinski definition) is 0. The lowest BCUT2D eigenvalue weighted by Gasteiger charge is -2.30. The standard InChI is InChI=1S/C13H17N3/c1-10(2)12-13(3,4)16(15-14-12)11-8-6-5-7-9-11/h5-9H,1-4H3. The molecule has 16 heavy (non-hydrogen) atoms. The molecule has 1 heterocycles. The van der Waals surface area contributed by atoms with Gasteiger partial charge < -0.3 is 0 Å². The van der Waals surface area contributed by atoms with Crippen LogP contribution in [0.15, 0.2) is 51.9 Å². The molecule has 1 aliphatic rings. The quantitative estimate of drug-likeness (QED) is 0.697. The normalized spacial score (nSPS) is 18.0. The van der Waals surface area contributed by atoms with E-state index in [-0.39, 0.29) is 5.54 Å². The van der Waals surface area contributed by atoms with E-state index in [0.29, 0.717) is 0 Å². The van der Waals surface area contributed by atoms with Gasteiger partial charge in [-0.1, -0.05) is 29.0 Å². The van der Waals surface area contributed by atoms with Crippen LogP contribution in [-0.2, 0) is 0 Å². The molecule has 3 nitrogen and oxygen atoms in total. The number of nitrogens with zero attached hydrogens (tertiary/aromatic N) is 3. The first-order valence-electron chi connectivity index (χ1n) is 5.48. The van der Waals surface area contributed by atoms with Crippen LogP contribution >= 0.6 is 0 Å². The van der Waals surface area contributed by atoms with Crippen molar-refractivity contribution in [1.29, 1.82) is 0 Å². The molecule has 2 rings (SSSR count). The van der Waals surface area contributed by atoms with E-state index >= 15 is 0 Å². The highest BCUT2D eigenvalue weighted by atomic mass is 15.6. The number of hydrogen-bond acceptors (Lipinski definition) is 3. The highest BCUT2D eigenvalue weighted by Gasteiger charge is 2.37. The van der Waals surface area contributed by atoms with Crippen molar-refractivity contribution < 1.29 is 0 Å². The fraction of sp³-hybridized carbons (Fsp3) is 0.385. The Morgan fingerprint density at radius 1 is 1.12 bits per heavy atom. The summed E-state index contributed by atoms with van der Waals surface area (Å²) >= 11 is 0. The maximum absolute atomic E-state index is 4.28. The Morgan fingerprint density at radius 2 is 1.75 bits per heavy atom. The van der Waals surface area contributed by atoms with E-state index in [2.05, 4.69) is 50.2 Å². The third-order valence-electron chi connectivity index (χ3n) is 2.82. The molecular formula is C13H17N3. The molecule has 0 fully saturated rings. The molecule has 1 aliphatic heterocycles. The summed E-state index contributed by atoms with van der Waals surface area (Å²) in [6, 6.07) is 10.1. The maximum atomic E-state index is 4.28. The van der Waals surface area contributed by atoms with Gasteiger partial charge in [-0.25, -0.2) is 5.01 Å². The Hall–Kier alpha value is -1.64. The van der Waals surface area contributed by atoms with Gasteiger partial charge in [0.15, 0.2) is 0 Å². The summed E-state index contributed by atoms with van der Waals surface area (Å²) in [5.41, 5.74) is 3.18. The van der Waals surface area contributed by atoms with E-state index in [9.17, 15) is 0 Å². The first-order valence-corrected chi connectivity index (χ1v) is 5.48. The Kier molecular flexibility index (Phi) is 2.54. The first-order chi connectivity index (χ1) is 7.53. The number of para-hydroxylation sites is 1. The van der Waals surface area contributed by atoms with Crippen LogP contribution in [0, 0.1) is 0 Å². The molecule has 3 heteroatoms. The minimum Gasteiger partial charge on any atom is -0.235 e. The average Bonchev–Trinajstić information content (AvgIpc) is 2.55. The lowest BCUT2D eigenvalue weighted by molar-refractivity contribution is 0.578. The van der Waals surface area contributed by atoms with Crippen molar-refractivity contribution in [1.82, 2.24) is 0 Å². The van der Waals surface area contributed by atoms with Gasteiger partial charge in [-0.05, 0) is 39.8 Å². The summed E-state index contributed by atoms with van der Waals surface area (Å²) in [6.07, 6.45) is 0. The van der Waals surface area contributed by atoms with E-state index in [1.807, 2.05) is 23.2 Å². The molecular weight excluding hydrogens is 198 g/mol. The molecule has 0 aromatic heterocycles. The van der Waals surface area contributed by atoms with E-state index in [1.54, 1.807) is 0 Å². The fourth-order valence-electron chi connectivity index (χ4n) is 2.08. The van der Waals surface area contributed by atoms with Gasteiger partial charge in [-0.15, -0.1) is 5.11 Å². The maximum Gasteiger partial charge on any atom is 0.103 e. The van der Waals surface area contributed by atoms with Crippen molar-refractivity contribution in [3.05, 3.63) is 41.6 Å². The molecule has 0 bridgehead atoms. The zero-order valence-electron chi connectivity index (χ0n) is 10.2. The Morgan fingerprint density at radius 3 is 2.25 bits per heavy atom. The zero-order valence-corrected chi connectivity index (χ0v) is 10.2. The molecule has 1 aromatic rings. The summed E-state index contributed by atoms with van der Waals surface area (Å²) in [5.74, 6) is 0. The molecule has 84 valence electrons. The summed E-state index contributed by atoms with van der Waals surface area (Å²) in [4.78, 5) is 0. The number of allylic oxidation sites excluding steroid dienone is 1. The first kappa shape index (κ1) is 10.9. The van der Waals surface area contributed by atoms with Gasteiger partial charge in [0, 0.05) is 0 Å². The summed E-state index contributed by atoms with van der Waals surface area (Å²) in [7, 11) is 0. The molecule has 0 saturated carbocycles. The van der Waals surface area contributed by atoms with E-state index in [1.165, 1.54) is 5.57 Å². The SMILES string of the molecule is CC(C)=C1N=NN(c2ccccc2)C1(C)C. The summed E-state index contributed by atoms with van der Waals surface area (Å²) in [6.45, 7) is 8.43. The van der Waals surface area contributed by atoms with Gasteiger partial charge in [-0.3, -0.25) is 0 Å². The van der Waals surface area contributed by atoms with Crippen LogP contribution < -0.4 is 5.01 Å². The van der Waals surface area contributed by atoms with E-state index in [4.69, 9.17) is 0 Å². The van der Waals surface area contributed by atoms with Crippen LogP contribution in [0.1, 0.15) is 27.7 Å². The van der Waals surface area contributed by atoms with Crippen molar-refractivity contribution in [2.45, 2.75) is 33.2 Å². The van der Waals surface area contributed by atoms with Crippen LogP contribution in [0.4, 0.5) is 5.69 Å². The largest absolute Gasteiger partial charge is 0.235 e. The predicted molar refractivity (Wildman–Crippen MR) is 66.2 cm³/mol. The smallest absolute Gasteiger partial charge is 0.103 e. The molecule has 0 N–H and O–H groups in total. The van der Waals surface area contributed by atoms with Crippen LogP contribution in [0.2, 0.25) is 0 Å². The summed E-state index contributed by atoms with van der Waals surface area (Å²) in [5, 5.41) is 10.5. The van der Waals surface area contributed by atoms with Crippen LogP contribution in [0.25, 0.3) is 0 Å². The Labute approximate surface area is 96.5 Å². The fourth-order valence-corrected chi connectivity index (χ4v) is 2.08. The van der Waals surface area contributed by atoms with Crippen molar-refractivity contribution in [2.75, 3.05) is 5.01 Å². The minimum atomic E-state index is -0.166.